The smallest absolute Gasteiger partial charge is 0.123 e. The van der Waals surface area contributed by atoms with Crippen molar-refractivity contribution >= 4 is 11.6 Å². The number of para-hydroxylation sites is 1. The maximum Gasteiger partial charge on any atom is 0.123 e. The van der Waals surface area contributed by atoms with Crippen molar-refractivity contribution in [2.24, 2.45) is 5.73 Å². The molecule has 2 rings (SSSR count). The number of nitrogens with zero attached hydrogens (tertiary/aromatic N) is 2. The molecule has 0 amide bonds. The van der Waals surface area contributed by atoms with Crippen LogP contribution in [0.1, 0.15) is 17.0 Å². The van der Waals surface area contributed by atoms with E-state index in [-0.39, 0.29) is 0 Å². The number of hydrogen-bond donors (Lipinski definition) is 1. The average molecular weight is 280 g/mol. The van der Waals surface area contributed by atoms with E-state index < -0.39 is 0 Å². The summed E-state index contributed by atoms with van der Waals surface area (Å²) in [6.45, 7) is 5.53. The minimum Gasteiger partial charge on any atom is -0.491 e. The minimum absolute atomic E-state index is 0.474. The van der Waals surface area contributed by atoms with E-state index in [0.717, 1.165) is 27.7 Å². The molecular weight excluding hydrogens is 262 g/mol. The van der Waals surface area contributed by atoms with Gasteiger partial charge in [-0.3, -0.25) is 4.68 Å². The van der Waals surface area contributed by atoms with Gasteiger partial charge in [0.15, 0.2) is 0 Å². The highest BCUT2D eigenvalue weighted by molar-refractivity contribution is 6.31. The van der Waals surface area contributed by atoms with Crippen molar-refractivity contribution in [1.82, 2.24) is 9.78 Å². The van der Waals surface area contributed by atoms with Crippen molar-refractivity contribution < 1.29 is 4.74 Å². The molecule has 0 saturated carbocycles. The van der Waals surface area contributed by atoms with Gasteiger partial charge in [-0.05, 0) is 19.9 Å². The largest absolute Gasteiger partial charge is 0.491 e. The van der Waals surface area contributed by atoms with Crippen LogP contribution >= 0.6 is 11.6 Å². The molecule has 0 spiro atoms. The second-order valence-electron chi connectivity index (χ2n) is 4.37. The van der Waals surface area contributed by atoms with Crippen LogP contribution < -0.4 is 10.5 Å². The number of benzene rings is 1. The Kier molecular flexibility index (Phi) is 4.45. The number of hydrogen-bond acceptors (Lipinski definition) is 3. The van der Waals surface area contributed by atoms with Gasteiger partial charge in [0.1, 0.15) is 12.4 Å². The molecular formula is C14H18ClN3O. The van der Waals surface area contributed by atoms with Crippen LogP contribution in [0.15, 0.2) is 24.3 Å². The van der Waals surface area contributed by atoms with Gasteiger partial charge in [0.25, 0.3) is 0 Å². The van der Waals surface area contributed by atoms with Crippen LogP contribution in [-0.4, -0.2) is 16.4 Å². The molecule has 19 heavy (non-hydrogen) atoms. The van der Waals surface area contributed by atoms with Crippen LogP contribution in [0.2, 0.25) is 5.02 Å². The number of halogens is 1. The van der Waals surface area contributed by atoms with Gasteiger partial charge in [-0.25, -0.2) is 0 Å². The van der Waals surface area contributed by atoms with Crippen LogP contribution in [0.5, 0.6) is 5.75 Å². The third kappa shape index (κ3) is 3.08. The molecule has 1 heterocycles. The van der Waals surface area contributed by atoms with E-state index in [0.29, 0.717) is 19.7 Å². The normalized spacial score (nSPS) is 10.7. The van der Waals surface area contributed by atoms with Crippen LogP contribution in [0.25, 0.3) is 0 Å². The third-order valence-corrected chi connectivity index (χ3v) is 3.59. The zero-order valence-electron chi connectivity index (χ0n) is 11.2. The van der Waals surface area contributed by atoms with Crippen LogP contribution in [0, 0.1) is 13.8 Å². The molecule has 0 radical (unpaired) electrons. The molecule has 2 aromatic rings. The first kappa shape index (κ1) is 13.9. The van der Waals surface area contributed by atoms with E-state index in [2.05, 4.69) is 5.10 Å². The molecule has 0 bridgehead atoms. The Hall–Kier alpha value is -1.52. The number of aromatic nitrogens is 2. The zero-order chi connectivity index (χ0) is 13.8. The van der Waals surface area contributed by atoms with Crippen molar-refractivity contribution in [1.29, 1.82) is 0 Å². The Bertz CT molecular complexity index is 566. The lowest BCUT2D eigenvalue weighted by Crippen LogP contribution is -2.12. The first-order valence-corrected chi connectivity index (χ1v) is 6.61. The van der Waals surface area contributed by atoms with Crippen molar-refractivity contribution in [3.05, 3.63) is 46.2 Å². The lowest BCUT2D eigenvalue weighted by Gasteiger charge is -2.10. The molecule has 5 heteroatoms. The first-order valence-electron chi connectivity index (χ1n) is 6.23. The summed E-state index contributed by atoms with van der Waals surface area (Å²) in [4.78, 5) is 0. The summed E-state index contributed by atoms with van der Waals surface area (Å²) >= 11 is 6.10. The SMILES string of the molecule is Cc1nn(CCOc2ccccc2CN)c(C)c1Cl. The predicted octanol–water partition coefficient (Wildman–Crippen LogP) is 2.69. The fraction of sp³-hybridized carbons (Fsp3) is 0.357. The lowest BCUT2D eigenvalue weighted by atomic mass is 10.2. The molecule has 1 aromatic carbocycles. The summed E-state index contributed by atoms with van der Waals surface area (Å²) in [7, 11) is 0. The number of nitrogens with two attached hydrogens (primary N) is 1. The molecule has 2 N–H and O–H groups in total. The van der Waals surface area contributed by atoms with Gasteiger partial charge >= 0.3 is 0 Å². The van der Waals surface area contributed by atoms with E-state index in [9.17, 15) is 0 Å². The second-order valence-corrected chi connectivity index (χ2v) is 4.75. The van der Waals surface area contributed by atoms with Crippen molar-refractivity contribution in [3.8, 4) is 5.75 Å². The van der Waals surface area contributed by atoms with Crippen LogP contribution in [0.3, 0.4) is 0 Å². The molecule has 0 unspecified atom stereocenters. The van der Waals surface area contributed by atoms with Gasteiger partial charge in [-0.15, -0.1) is 0 Å². The summed E-state index contributed by atoms with van der Waals surface area (Å²) in [6.07, 6.45) is 0. The molecule has 102 valence electrons. The molecule has 0 aliphatic carbocycles. The highest BCUT2D eigenvalue weighted by Gasteiger charge is 2.09. The molecule has 0 fully saturated rings. The summed E-state index contributed by atoms with van der Waals surface area (Å²) in [5.41, 5.74) is 8.49. The molecule has 0 aliphatic rings. The Morgan fingerprint density at radius 3 is 2.68 bits per heavy atom. The maximum absolute atomic E-state index is 6.10. The summed E-state index contributed by atoms with van der Waals surface area (Å²) in [5, 5.41) is 5.09. The van der Waals surface area contributed by atoms with Crippen molar-refractivity contribution in [2.75, 3.05) is 6.61 Å². The fourth-order valence-electron chi connectivity index (χ4n) is 1.95. The Morgan fingerprint density at radius 2 is 2.05 bits per heavy atom. The van der Waals surface area contributed by atoms with Gasteiger partial charge < -0.3 is 10.5 Å². The Morgan fingerprint density at radius 1 is 1.32 bits per heavy atom. The van der Waals surface area contributed by atoms with Crippen molar-refractivity contribution in [3.63, 3.8) is 0 Å². The highest BCUT2D eigenvalue weighted by atomic mass is 35.5. The Balaban J connectivity index is 1.98. The molecule has 0 saturated heterocycles. The summed E-state index contributed by atoms with van der Waals surface area (Å²) in [6, 6.07) is 7.79. The van der Waals surface area contributed by atoms with E-state index in [4.69, 9.17) is 22.1 Å². The average Bonchev–Trinajstić information content (AvgIpc) is 2.67. The maximum atomic E-state index is 6.10. The van der Waals surface area contributed by atoms with Crippen molar-refractivity contribution in [2.45, 2.75) is 26.9 Å². The predicted molar refractivity (Wildman–Crippen MR) is 76.5 cm³/mol. The minimum atomic E-state index is 0.474. The highest BCUT2D eigenvalue weighted by Crippen LogP contribution is 2.20. The molecule has 0 atom stereocenters. The molecule has 4 nitrogen and oxygen atoms in total. The van der Waals surface area contributed by atoms with Crippen LogP contribution in [-0.2, 0) is 13.1 Å². The summed E-state index contributed by atoms with van der Waals surface area (Å²) < 4.78 is 7.62. The van der Waals surface area contributed by atoms with E-state index in [1.807, 2.05) is 42.8 Å². The third-order valence-electron chi connectivity index (χ3n) is 3.05. The van der Waals surface area contributed by atoms with Gasteiger partial charge in [0.2, 0.25) is 0 Å². The van der Waals surface area contributed by atoms with Gasteiger partial charge in [-0.1, -0.05) is 29.8 Å². The standard InChI is InChI=1S/C14H18ClN3O/c1-10-14(15)11(2)18(17-10)7-8-19-13-6-4-3-5-12(13)9-16/h3-6H,7-9,16H2,1-2H3. The quantitative estimate of drug-likeness (QED) is 0.915. The number of ether oxygens (including phenoxy) is 1. The monoisotopic (exact) mass is 279 g/mol. The number of aryl methyl sites for hydroxylation is 1. The number of rotatable bonds is 5. The lowest BCUT2D eigenvalue weighted by molar-refractivity contribution is 0.287. The topological polar surface area (TPSA) is 53.1 Å². The molecule has 1 aromatic heterocycles. The van der Waals surface area contributed by atoms with Gasteiger partial charge in [0, 0.05) is 12.1 Å². The van der Waals surface area contributed by atoms with Crippen LogP contribution in [0.4, 0.5) is 0 Å². The first-order chi connectivity index (χ1) is 9.13. The summed E-state index contributed by atoms with van der Waals surface area (Å²) in [5.74, 6) is 0.831. The second kappa shape index (κ2) is 6.08. The van der Waals surface area contributed by atoms with E-state index in [1.54, 1.807) is 0 Å². The van der Waals surface area contributed by atoms with E-state index in [1.165, 1.54) is 0 Å². The van der Waals surface area contributed by atoms with Gasteiger partial charge in [0.05, 0.1) is 23.0 Å². The van der Waals surface area contributed by atoms with Gasteiger partial charge in [-0.2, -0.15) is 5.10 Å². The van der Waals surface area contributed by atoms with E-state index >= 15 is 0 Å². The molecule has 0 aliphatic heterocycles. The fourth-order valence-corrected chi connectivity index (χ4v) is 2.08. The Labute approximate surface area is 118 Å². The zero-order valence-corrected chi connectivity index (χ0v) is 11.9.